The Bertz CT molecular complexity index is 820. The number of phenolic OH excluding ortho intramolecular Hbond substituents is 2. The minimum absolute atomic E-state index is 0.0261. The van der Waals surface area contributed by atoms with Gasteiger partial charge in [0.25, 0.3) is 5.91 Å². The highest BCUT2D eigenvalue weighted by molar-refractivity contribution is 6.00. The quantitative estimate of drug-likeness (QED) is 0.247. The van der Waals surface area contributed by atoms with Crippen LogP contribution in [0.1, 0.15) is 81.3 Å². The van der Waals surface area contributed by atoms with E-state index in [2.05, 4.69) is 36.9 Å². The summed E-state index contributed by atoms with van der Waals surface area (Å²) in [5.41, 5.74) is 3.40. The zero-order valence-electron chi connectivity index (χ0n) is 19.5. The predicted octanol–water partition coefficient (Wildman–Crippen LogP) is 4.97. The van der Waals surface area contributed by atoms with Gasteiger partial charge in [-0.15, -0.1) is 0 Å². The summed E-state index contributed by atoms with van der Waals surface area (Å²) >= 11 is 0. The summed E-state index contributed by atoms with van der Waals surface area (Å²) in [5, 5.41) is 23.9. The van der Waals surface area contributed by atoms with Crippen LogP contribution in [-0.2, 0) is 22.4 Å². The van der Waals surface area contributed by atoms with E-state index in [0.717, 1.165) is 37.7 Å². The average Bonchev–Trinajstić information content (AvgIpc) is 2.71. The van der Waals surface area contributed by atoms with Crippen LogP contribution in [-0.4, -0.2) is 35.7 Å². The Morgan fingerprint density at radius 1 is 1.13 bits per heavy atom. The van der Waals surface area contributed by atoms with E-state index in [1.807, 2.05) is 13.0 Å². The van der Waals surface area contributed by atoms with E-state index in [1.54, 1.807) is 6.07 Å². The van der Waals surface area contributed by atoms with E-state index >= 15 is 0 Å². The van der Waals surface area contributed by atoms with Crippen molar-refractivity contribution in [1.29, 1.82) is 0 Å². The molecule has 1 rings (SSSR count). The molecule has 0 bridgehead atoms. The molecule has 172 valence electrons. The monoisotopic (exact) mass is 431 g/mol. The molecular formula is C25H37NO5. The first kappa shape index (κ1) is 26.3. The normalized spacial score (nSPS) is 11.2. The summed E-state index contributed by atoms with van der Waals surface area (Å²) in [6, 6.07) is 1.56. The number of amides is 1. The van der Waals surface area contributed by atoms with Gasteiger partial charge in [0.1, 0.15) is 18.0 Å². The molecule has 3 N–H and O–H groups in total. The second-order valence-corrected chi connectivity index (χ2v) is 8.05. The van der Waals surface area contributed by atoms with Gasteiger partial charge in [0, 0.05) is 5.56 Å². The van der Waals surface area contributed by atoms with Gasteiger partial charge in [0.05, 0.1) is 12.7 Å². The van der Waals surface area contributed by atoms with Crippen LogP contribution >= 0.6 is 0 Å². The molecule has 0 unspecified atom stereocenters. The Kier molecular flexibility index (Phi) is 11.5. The Morgan fingerprint density at radius 3 is 2.45 bits per heavy atom. The van der Waals surface area contributed by atoms with Gasteiger partial charge in [-0.2, -0.15) is 0 Å². The van der Waals surface area contributed by atoms with Gasteiger partial charge in [0.2, 0.25) is 0 Å². The molecule has 0 radical (unpaired) electrons. The summed E-state index contributed by atoms with van der Waals surface area (Å²) in [7, 11) is 1.24. The largest absolute Gasteiger partial charge is 0.508 e. The van der Waals surface area contributed by atoms with Crippen LogP contribution in [0, 0.1) is 0 Å². The van der Waals surface area contributed by atoms with Crippen LogP contribution in [0.25, 0.3) is 0 Å². The van der Waals surface area contributed by atoms with Crippen LogP contribution in [0.4, 0.5) is 0 Å². The maximum Gasteiger partial charge on any atom is 0.325 e. The molecule has 0 spiro atoms. The maximum atomic E-state index is 12.8. The van der Waals surface area contributed by atoms with Crippen molar-refractivity contribution in [2.24, 2.45) is 0 Å². The van der Waals surface area contributed by atoms with Gasteiger partial charge < -0.3 is 20.3 Å². The number of nitrogens with one attached hydrogen (secondary N) is 1. The lowest BCUT2D eigenvalue weighted by Crippen LogP contribution is -2.31. The molecule has 0 heterocycles. The molecule has 0 aromatic heterocycles. The predicted molar refractivity (Wildman–Crippen MR) is 123 cm³/mol. The number of aryl methyl sites for hydroxylation is 1. The number of ether oxygens (including phenoxy) is 1. The minimum Gasteiger partial charge on any atom is -0.508 e. The molecule has 0 saturated heterocycles. The van der Waals surface area contributed by atoms with E-state index in [-0.39, 0.29) is 23.6 Å². The molecule has 6 nitrogen and oxygen atoms in total. The lowest BCUT2D eigenvalue weighted by molar-refractivity contribution is -0.139. The molecule has 1 amide bonds. The summed E-state index contributed by atoms with van der Waals surface area (Å²) in [5.74, 6) is -1.39. The smallest absolute Gasteiger partial charge is 0.325 e. The number of rotatable bonds is 12. The summed E-state index contributed by atoms with van der Waals surface area (Å²) < 4.78 is 4.56. The second kappa shape index (κ2) is 13.5. The number of unbranched alkanes of at least 4 members (excludes halogenated alkanes) is 2. The molecule has 1 aromatic carbocycles. The lowest BCUT2D eigenvalue weighted by Gasteiger charge is -2.16. The van der Waals surface area contributed by atoms with Crippen molar-refractivity contribution in [1.82, 2.24) is 5.32 Å². The fourth-order valence-electron chi connectivity index (χ4n) is 3.25. The first-order valence-corrected chi connectivity index (χ1v) is 10.9. The van der Waals surface area contributed by atoms with Crippen LogP contribution in [0.15, 0.2) is 29.4 Å². The van der Waals surface area contributed by atoms with Gasteiger partial charge >= 0.3 is 5.97 Å². The second-order valence-electron chi connectivity index (χ2n) is 8.05. The van der Waals surface area contributed by atoms with Gasteiger partial charge in [-0.05, 0) is 64.5 Å². The number of benzene rings is 1. The first-order valence-electron chi connectivity index (χ1n) is 10.9. The number of hydrogen-bond donors (Lipinski definition) is 3. The third-order valence-corrected chi connectivity index (χ3v) is 5.11. The Hall–Kier alpha value is -2.76. The van der Waals surface area contributed by atoms with Crippen molar-refractivity contribution in [3.05, 3.63) is 46.1 Å². The Labute approximate surface area is 186 Å². The standard InChI is InChI=1S/C25H37NO5/c1-6-7-8-12-19-15-21(27)20(14-13-18(4)11-9-10-17(2)3)24(29)23(19)25(30)26-16-22(28)31-5/h10,13,15,27,29H,6-9,11-12,14,16H2,1-5H3,(H,26,30). The lowest BCUT2D eigenvalue weighted by atomic mass is 9.94. The first-order chi connectivity index (χ1) is 14.7. The van der Waals surface area contributed by atoms with E-state index in [0.29, 0.717) is 24.0 Å². The molecule has 0 aliphatic heterocycles. The highest BCUT2D eigenvalue weighted by Gasteiger charge is 2.22. The summed E-state index contributed by atoms with van der Waals surface area (Å²) in [6.45, 7) is 7.92. The number of hydrogen-bond acceptors (Lipinski definition) is 5. The molecular weight excluding hydrogens is 394 g/mol. The molecule has 0 saturated carbocycles. The highest BCUT2D eigenvalue weighted by Crippen LogP contribution is 2.35. The zero-order chi connectivity index (χ0) is 23.4. The molecule has 0 aliphatic carbocycles. The molecule has 1 aromatic rings. The Morgan fingerprint density at radius 2 is 1.84 bits per heavy atom. The Balaban J connectivity index is 3.17. The van der Waals surface area contributed by atoms with E-state index in [9.17, 15) is 19.8 Å². The topological polar surface area (TPSA) is 95.9 Å². The third-order valence-electron chi connectivity index (χ3n) is 5.11. The number of aromatic hydroxyl groups is 2. The molecule has 31 heavy (non-hydrogen) atoms. The van der Waals surface area contributed by atoms with Gasteiger partial charge in [0.15, 0.2) is 0 Å². The number of carbonyl (C=O) groups is 2. The van der Waals surface area contributed by atoms with Crippen molar-refractivity contribution in [3.8, 4) is 11.5 Å². The van der Waals surface area contributed by atoms with Gasteiger partial charge in [-0.1, -0.05) is 43.1 Å². The number of allylic oxidation sites excluding steroid dienone is 4. The number of phenols is 2. The SMILES string of the molecule is CCCCCc1cc(O)c(CC=C(C)CCC=C(C)C)c(O)c1C(=O)NCC(=O)OC. The fourth-order valence-corrected chi connectivity index (χ4v) is 3.25. The number of methoxy groups -OCH3 is 1. The fraction of sp³-hybridized carbons (Fsp3) is 0.520. The van der Waals surface area contributed by atoms with Crippen molar-refractivity contribution in [2.75, 3.05) is 13.7 Å². The molecule has 0 fully saturated rings. The van der Waals surface area contributed by atoms with E-state index in [1.165, 1.54) is 12.7 Å². The van der Waals surface area contributed by atoms with Crippen molar-refractivity contribution < 1.29 is 24.5 Å². The summed E-state index contributed by atoms with van der Waals surface area (Å²) in [6.07, 6.45) is 9.61. The zero-order valence-corrected chi connectivity index (χ0v) is 19.5. The third kappa shape index (κ3) is 8.87. The highest BCUT2D eigenvalue weighted by atomic mass is 16.5. The van der Waals surface area contributed by atoms with Crippen LogP contribution in [0.5, 0.6) is 11.5 Å². The van der Waals surface area contributed by atoms with Crippen molar-refractivity contribution in [2.45, 2.75) is 72.6 Å². The van der Waals surface area contributed by atoms with Crippen molar-refractivity contribution >= 4 is 11.9 Å². The number of esters is 1. The molecule has 0 atom stereocenters. The van der Waals surface area contributed by atoms with Crippen LogP contribution < -0.4 is 5.32 Å². The maximum absolute atomic E-state index is 12.8. The average molecular weight is 432 g/mol. The molecule has 6 heteroatoms. The summed E-state index contributed by atoms with van der Waals surface area (Å²) in [4.78, 5) is 24.2. The van der Waals surface area contributed by atoms with E-state index < -0.39 is 11.9 Å². The number of carbonyl (C=O) groups excluding carboxylic acids is 2. The van der Waals surface area contributed by atoms with E-state index in [4.69, 9.17) is 0 Å². The van der Waals surface area contributed by atoms with Crippen LogP contribution in [0.2, 0.25) is 0 Å². The van der Waals surface area contributed by atoms with Crippen molar-refractivity contribution in [3.63, 3.8) is 0 Å². The molecule has 0 aliphatic rings. The minimum atomic E-state index is -0.575. The van der Waals surface area contributed by atoms with Gasteiger partial charge in [-0.3, -0.25) is 9.59 Å². The van der Waals surface area contributed by atoms with Gasteiger partial charge in [-0.25, -0.2) is 0 Å². The van der Waals surface area contributed by atoms with Crippen LogP contribution in [0.3, 0.4) is 0 Å².